The average molecular weight is 146 g/mol. The van der Waals surface area contributed by atoms with Crippen molar-refractivity contribution in [3.8, 4) is 0 Å². The van der Waals surface area contributed by atoms with E-state index in [0.717, 1.165) is 19.3 Å². The molecule has 2 N–H and O–H groups in total. The molecule has 2 nitrogen and oxygen atoms in total. The minimum absolute atomic E-state index is 0.297. The lowest BCUT2D eigenvalue weighted by atomic mass is 9.82. The maximum Gasteiger partial charge on any atom is 0.156 e. The molecule has 0 aliphatic heterocycles. The molecule has 1 unspecified atom stereocenters. The van der Waals surface area contributed by atoms with Gasteiger partial charge in [-0.2, -0.15) is 0 Å². The summed E-state index contributed by atoms with van der Waals surface area (Å²) in [6.07, 6.45) is 1.53. The third-order valence-electron chi connectivity index (χ3n) is 2.25. The summed E-state index contributed by atoms with van der Waals surface area (Å²) < 4.78 is 0. The highest BCUT2D eigenvalue weighted by Gasteiger charge is 2.28. The Labute approximate surface area is 62.9 Å². The molecule has 0 saturated heterocycles. The minimum atomic E-state index is -1.17. The van der Waals surface area contributed by atoms with E-state index in [-0.39, 0.29) is 5.41 Å². The summed E-state index contributed by atoms with van der Waals surface area (Å²) in [6, 6.07) is 0. The SMILES string of the molecule is CCCC(C)(CC)C(O)O. The van der Waals surface area contributed by atoms with Crippen LogP contribution in [0.1, 0.15) is 40.0 Å². The molecule has 0 aromatic rings. The first-order valence-electron chi connectivity index (χ1n) is 3.93. The highest BCUT2D eigenvalue weighted by Crippen LogP contribution is 2.29. The smallest absolute Gasteiger partial charge is 0.156 e. The van der Waals surface area contributed by atoms with Crippen molar-refractivity contribution in [1.82, 2.24) is 0 Å². The predicted octanol–water partition coefficient (Wildman–Crippen LogP) is 1.51. The first-order valence-corrected chi connectivity index (χ1v) is 3.93. The van der Waals surface area contributed by atoms with E-state index in [1.807, 2.05) is 13.8 Å². The van der Waals surface area contributed by atoms with Gasteiger partial charge in [0.05, 0.1) is 0 Å². The molecule has 10 heavy (non-hydrogen) atoms. The van der Waals surface area contributed by atoms with Crippen molar-refractivity contribution in [2.75, 3.05) is 0 Å². The molecule has 0 radical (unpaired) electrons. The van der Waals surface area contributed by atoms with E-state index < -0.39 is 6.29 Å². The fourth-order valence-corrected chi connectivity index (χ4v) is 1.06. The molecular formula is C8H18O2. The van der Waals surface area contributed by atoms with Crippen molar-refractivity contribution >= 4 is 0 Å². The van der Waals surface area contributed by atoms with Crippen molar-refractivity contribution in [2.24, 2.45) is 5.41 Å². The van der Waals surface area contributed by atoms with E-state index in [2.05, 4.69) is 6.92 Å². The Morgan fingerprint density at radius 3 is 1.90 bits per heavy atom. The van der Waals surface area contributed by atoms with Crippen LogP contribution in [0.25, 0.3) is 0 Å². The molecule has 0 amide bonds. The lowest BCUT2D eigenvalue weighted by Gasteiger charge is -2.29. The van der Waals surface area contributed by atoms with Gasteiger partial charge in [0.25, 0.3) is 0 Å². The second-order valence-corrected chi connectivity index (χ2v) is 3.13. The standard InChI is InChI=1S/C8H18O2/c1-4-6-8(3,5-2)7(9)10/h7,9-10H,4-6H2,1-3H3. The van der Waals surface area contributed by atoms with E-state index >= 15 is 0 Å². The molecule has 0 saturated carbocycles. The van der Waals surface area contributed by atoms with Crippen molar-refractivity contribution in [2.45, 2.75) is 46.3 Å². The Kier molecular flexibility index (Phi) is 3.91. The van der Waals surface area contributed by atoms with Crippen LogP contribution in [0.4, 0.5) is 0 Å². The molecule has 1 atom stereocenters. The Hall–Kier alpha value is -0.0800. The molecular weight excluding hydrogens is 128 g/mol. The number of aliphatic hydroxyl groups excluding tert-OH is 1. The molecule has 2 heteroatoms. The molecule has 0 aromatic heterocycles. The molecule has 0 spiro atoms. The number of hydrogen-bond acceptors (Lipinski definition) is 2. The van der Waals surface area contributed by atoms with E-state index in [1.165, 1.54) is 0 Å². The van der Waals surface area contributed by atoms with Gasteiger partial charge in [-0.1, -0.05) is 27.2 Å². The molecule has 0 fully saturated rings. The van der Waals surface area contributed by atoms with Crippen LogP contribution in [0.5, 0.6) is 0 Å². The number of rotatable bonds is 4. The zero-order valence-electron chi connectivity index (χ0n) is 7.09. The van der Waals surface area contributed by atoms with Gasteiger partial charge in [-0.3, -0.25) is 0 Å². The third-order valence-corrected chi connectivity index (χ3v) is 2.25. The van der Waals surface area contributed by atoms with E-state index in [4.69, 9.17) is 10.2 Å². The summed E-state index contributed by atoms with van der Waals surface area (Å²) in [5, 5.41) is 17.9. The van der Waals surface area contributed by atoms with E-state index in [0.29, 0.717) is 0 Å². The molecule has 0 heterocycles. The van der Waals surface area contributed by atoms with Crippen LogP contribution in [0.2, 0.25) is 0 Å². The Morgan fingerprint density at radius 1 is 1.30 bits per heavy atom. The van der Waals surface area contributed by atoms with Crippen LogP contribution in [0, 0.1) is 5.41 Å². The molecule has 62 valence electrons. The zero-order valence-corrected chi connectivity index (χ0v) is 7.09. The van der Waals surface area contributed by atoms with Gasteiger partial charge in [-0.15, -0.1) is 0 Å². The summed E-state index contributed by atoms with van der Waals surface area (Å²) in [5.41, 5.74) is -0.297. The summed E-state index contributed by atoms with van der Waals surface area (Å²) >= 11 is 0. The van der Waals surface area contributed by atoms with Crippen molar-refractivity contribution < 1.29 is 10.2 Å². The summed E-state index contributed by atoms with van der Waals surface area (Å²) in [4.78, 5) is 0. The largest absolute Gasteiger partial charge is 0.368 e. The maximum atomic E-state index is 8.96. The Balaban J connectivity index is 3.94. The highest BCUT2D eigenvalue weighted by atomic mass is 16.5. The third kappa shape index (κ3) is 2.27. The van der Waals surface area contributed by atoms with Crippen LogP contribution in [-0.4, -0.2) is 16.5 Å². The molecule has 0 aromatic carbocycles. The summed E-state index contributed by atoms with van der Waals surface area (Å²) in [5.74, 6) is 0. The number of hydrogen-bond donors (Lipinski definition) is 2. The van der Waals surface area contributed by atoms with Gasteiger partial charge in [-0.05, 0) is 12.8 Å². The van der Waals surface area contributed by atoms with Gasteiger partial charge in [0, 0.05) is 5.41 Å². The van der Waals surface area contributed by atoms with Gasteiger partial charge in [0.1, 0.15) is 0 Å². The van der Waals surface area contributed by atoms with E-state index in [9.17, 15) is 0 Å². The molecule has 0 rings (SSSR count). The Morgan fingerprint density at radius 2 is 1.80 bits per heavy atom. The van der Waals surface area contributed by atoms with Crippen molar-refractivity contribution in [3.05, 3.63) is 0 Å². The molecule has 0 bridgehead atoms. The average Bonchev–Trinajstić information content (AvgIpc) is 1.88. The summed E-state index contributed by atoms with van der Waals surface area (Å²) in [6.45, 7) is 5.94. The minimum Gasteiger partial charge on any atom is -0.368 e. The molecule has 0 aliphatic rings. The first-order chi connectivity index (χ1) is 4.56. The van der Waals surface area contributed by atoms with Gasteiger partial charge < -0.3 is 10.2 Å². The van der Waals surface area contributed by atoms with Gasteiger partial charge >= 0.3 is 0 Å². The van der Waals surface area contributed by atoms with Crippen LogP contribution in [-0.2, 0) is 0 Å². The second kappa shape index (κ2) is 3.94. The summed E-state index contributed by atoms with van der Waals surface area (Å²) in [7, 11) is 0. The predicted molar refractivity (Wildman–Crippen MR) is 41.5 cm³/mol. The monoisotopic (exact) mass is 146 g/mol. The fraction of sp³-hybridized carbons (Fsp3) is 1.00. The van der Waals surface area contributed by atoms with Crippen LogP contribution in [0.15, 0.2) is 0 Å². The van der Waals surface area contributed by atoms with E-state index in [1.54, 1.807) is 0 Å². The highest BCUT2D eigenvalue weighted by molar-refractivity contribution is 4.73. The van der Waals surface area contributed by atoms with Crippen LogP contribution < -0.4 is 0 Å². The first kappa shape index (κ1) is 9.92. The quantitative estimate of drug-likeness (QED) is 0.590. The normalized spacial score (nSPS) is 17.4. The maximum absolute atomic E-state index is 8.96. The van der Waals surface area contributed by atoms with Crippen molar-refractivity contribution in [1.29, 1.82) is 0 Å². The fourth-order valence-electron chi connectivity index (χ4n) is 1.06. The number of aliphatic hydroxyl groups is 2. The Bertz CT molecular complexity index is 91.3. The van der Waals surface area contributed by atoms with Crippen LogP contribution >= 0.6 is 0 Å². The lowest BCUT2D eigenvalue weighted by Crippen LogP contribution is -2.31. The zero-order chi connectivity index (χ0) is 8.20. The lowest BCUT2D eigenvalue weighted by molar-refractivity contribution is -0.133. The molecule has 0 aliphatic carbocycles. The van der Waals surface area contributed by atoms with Gasteiger partial charge in [0.2, 0.25) is 0 Å². The van der Waals surface area contributed by atoms with Gasteiger partial charge in [0.15, 0.2) is 6.29 Å². The second-order valence-electron chi connectivity index (χ2n) is 3.13. The van der Waals surface area contributed by atoms with Crippen LogP contribution in [0.3, 0.4) is 0 Å². The van der Waals surface area contributed by atoms with Crippen molar-refractivity contribution in [3.63, 3.8) is 0 Å². The van der Waals surface area contributed by atoms with Gasteiger partial charge in [-0.25, -0.2) is 0 Å². The topological polar surface area (TPSA) is 40.5 Å².